The average molecular weight is 287 g/mol. The van der Waals surface area contributed by atoms with Crippen LogP contribution in [-0.4, -0.2) is 46.7 Å². The molecule has 3 aromatic rings. The van der Waals surface area contributed by atoms with E-state index in [1.807, 2.05) is 0 Å². The lowest BCUT2D eigenvalue weighted by Crippen LogP contribution is -2.08. The van der Waals surface area contributed by atoms with E-state index in [4.69, 9.17) is 0 Å². The molecule has 0 spiro atoms. The smallest absolute Gasteiger partial charge is 0.257 e. The van der Waals surface area contributed by atoms with Gasteiger partial charge in [0.05, 0.1) is 0 Å². The third-order valence-corrected chi connectivity index (χ3v) is 2.93. The maximum Gasteiger partial charge on any atom is 0.257 e. The van der Waals surface area contributed by atoms with Crippen LogP contribution in [0.15, 0.2) is 41.4 Å². The molecule has 0 aliphatic carbocycles. The topological polar surface area (TPSA) is 107 Å². The van der Waals surface area contributed by atoms with Crippen molar-refractivity contribution in [3.05, 3.63) is 31.1 Å². The molecule has 0 amide bonds. The minimum atomic E-state index is 0.375. The molecule has 0 radical (unpaired) electrons. The summed E-state index contributed by atoms with van der Waals surface area (Å²) in [4.78, 5) is 24.9. The van der Waals surface area contributed by atoms with Gasteiger partial charge in [0.1, 0.15) is 12.7 Å². The summed E-state index contributed by atoms with van der Waals surface area (Å²) in [5, 5.41) is 7.91. The summed E-state index contributed by atoms with van der Waals surface area (Å²) < 4.78 is 1.46. The monoisotopic (exact) mass is 287 g/mol. The molecular formula is C10H9N9S. The van der Waals surface area contributed by atoms with Gasteiger partial charge in [0.15, 0.2) is 5.16 Å². The Bertz CT molecular complexity index is 685. The quantitative estimate of drug-likeness (QED) is 0.683. The number of hydrogen-bond acceptors (Lipinski definition) is 9. The second kappa shape index (κ2) is 5.57. The van der Waals surface area contributed by atoms with E-state index >= 15 is 0 Å². The maximum atomic E-state index is 4.30. The second-order valence-corrected chi connectivity index (χ2v) is 4.40. The van der Waals surface area contributed by atoms with Crippen molar-refractivity contribution in [2.75, 3.05) is 12.4 Å². The second-order valence-electron chi connectivity index (χ2n) is 3.47. The van der Waals surface area contributed by atoms with E-state index in [2.05, 4.69) is 40.3 Å². The van der Waals surface area contributed by atoms with Gasteiger partial charge in [-0.25, -0.2) is 15.0 Å². The molecule has 10 heteroatoms. The van der Waals surface area contributed by atoms with Crippen molar-refractivity contribution in [1.29, 1.82) is 0 Å². The van der Waals surface area contributed by atoms with Gasteiger partial charge in [0.2, 0.25) is 11.1 Å². The molecule has 20 heavy (non-hydrogen) atoms. The maximum absolute atomic E-state index is 4.30. The molecule has 100 valence electrons. The van der Waals surface area contributed by atoms with Crippen molar-refractivity contribution in [1.82, 2.24) is 39.7 Å². The van der Waals surface area contributed by atoms with Crippen LogP contribution in [-0.2, 0) is 0 Å². The van der Waals surface area contributed by atoms with Gasteiger partial charge in [0, 0.05) is 19.4 Å². The Labute approximate surface area is 118 Å². The van der Waals surface area contributed by atoms with Crippen LogP contribution < -0.4 is 5.32 Å². The summed E-state index contributed by atoms with van der Waals surface area (Å²) in [6, 6.07) is 1.75. The standard InChI is InChI=1S/C10H9N9S/c1-11-7-16-8(19-6-12-5-15-19)18-10(17-7)20-9-13-3-2-4-14-9/h2-6H,1H3,(H,11,16,17,18). The van der Waals surface area contributed by atoms with E-state index in [1.165, 1.54) is 29.1 Å². The molecule has 0 saturated heterocycles. The first-order chi connectivity index (χ1) is 9.85. The molecule has 3 aromatic heterocycles. The largest absolute Gasteiger partial charge is 0.357 e. The number of anilines is 1. The molecule has 0 aliphatic rings. The molecule has 0 unspecified atom stereocenters. The lowest BCUT2D eigenvalue weighted by atomic mass is 10.7. The Morgan fingerprint density at radius 2 is 1.95 bits per heavy atom. The predicted molar refractivity (Wildman–Crippen MR) is 70.4 cm³/mol. The summed E-state index contributed by atoms with van der Waals surface area (Å²) in [7, 11) is 1.73. The molecule has 0 fully saturated rings. The fraction of sp³-hybridized carbons (Fsp3) is 0.100. The molecule has 3 heterocycles. The third kappa shape index (κ3) is 2.69. The zero-order valence-corrected chi connectivity index (χ0v) is 11.2. The molecule has 0 aromatic carbocycles. The highest BCUT2D eigenvalue weighted by molar-refractivity contribution is 7.99. The fourth-order valence-electron chi connectivity index (χ4n) is 1.34. The van der Waals surface area contributed by atoms with Crippen LogP contribution in [0.4, 0.5) is 5.95 Å². The van der Waals surface area contributed by atoms with Crippen molar-refractivity contribution >= 4 is 17.7 Å². The molecule has 9 nitrogen and oxygen atoms in total. The van der Waals surface area contributed by atoms with Gasteiger partial charge in [-0.05, 0) is 17.8 Å². The highest BCUT2D eigenvalue weighted by Crippen LogP contribution is 2.21. The minimum Gasteiger partial charge on any atom is -0.357 e. The lowest BCUT2D eigenvalue weighted by molar-refractivity contribution is 0.759. The number of nitrogens with one attached hydrogen (secondary N) is 1. The van der Waals surface area contributed by atoms with Crippen molar-refractivity contribution in [2.24, 2.45) is 0 Å². The molecule has 1 N–H and O–H groups in total. The molecule has 0 aliphatic heterocycles. The van der Waals surface area contributed by atoms with Crippen LogP contribution in [0, 0.1) is 0 Å². The normalized spacial score (nSPS) is 10.4. The summed E-state index contributed by atoms with van der Waals surface area (Å²) in [5.74, 6) is 0.809. The van der Waals surface area contributed by atoms with Crippen molar-refractivity contribution in [3.63, 3.8) is 0 Å². The van der Waals surface area contributed by atoms with Crippen LogP contribution in [0.1, 0.15) is 0 Å². The first-order valence-electron chi connectivity index (χ1n) is 5.59. The first kappa shape index (κ1) is 12.4. The Hall–Kier alpha value is -2.62. The Morgan fingerprint density at radius 1 is 1.10 bits per heavy atom. The summed E-state index contributed by atoms with van der Waals surface area (Å²) in [5.41, 5.74) is 0. The average Bonchev–Trinajstić information content (AvgIpc) is 3.02. The molecular weight excluding hydrogens is 278 g/mol. The van der Waals surface area contributed by atoms with Gasteiger partial charge < -0.3 is 5.32 Å². The van der Waals surface area contributed by atoms with Crippen LogP contribution in [0.2, 0.25) is 0 Å². The van der Waals surface area contributed by atoms with E-state index in [0.717, 1.165) is 0 Å². The number of rotatable bonds is 4. The van der Waals surface area contributed by atoms with E-state index in [0.29, 0.717) is 22.2 Å². The summed E-state index contributed by atoms with van der Waals surface area (Å²) in [6.07, 6.45) is 6.25. The van der Waals surface area contributed by atoms with Crippen LogP contribution in [0.25, 0.3) is 5.95 Å². The summed E-state index contributed by atoms with van der Waals surface area (Å²) in [6.45, 7) is 0. The number of aromatic nitrogens is 8. The minimum absolute atomic E-state index is 0.375. The third-order valence-electron chi connectivity index (χ3n) is 2.18. The zero-order valence-electron chi connectivity index (χ0n) is 10.4. The van der Waals surface area contributed by atoms with Crippen molar-refractivity contribution in [3.8, 4) is 5.95 Å². The predicted octanol–water partition coefficient (Wildman–Crippen LogP) is 0.435. The van der Waals surface area contributed by atoms with Gasteiger partial charge in [0.25, 0.3) is 5.95 Å². The Kier molecular flexibility index (Phi) is 3.46. The van der Waals surface area contributed by atoms with E-state index in [1.54, 1.807) is 25.5 Å². The van der Waals surface area contributed by atoms with Crippen LogP contribution in [0.3, 0.4) is 0 Å². The Balaban J connectivity index is 1.96. The molecule has 0 saturated carbocycles. The first-order valence-corrected chi connectivity index (χ1v) is 6.40. The highest BCUT2D eigenvalue weighted by Gasteiger charge is 2.10. The molecule has 0 atom stereocenters. The summed E-state index contributed by atoms with van der Waals surface area (Å²) >= 11 is 1.24. The Morgan fingerprint density at radius 3 is 2.65 bits per heavy atom. The van der Waals surface area contributed by atoms with Crippen molar-refractivity contribution < 1.29 is 0 Å². The number of hydrogen-bond donors (Lipinski definition) is 1. The van der Waals surface area contributed by atoms with E-state index in [9.17, 15) is 0 Å². The van der Waals surface area contributed by atoms with Gasteiger partial charge in [-0.3, -0.25) is 0 Å². The molecule has 0 bridgehead atoms. The van der Waals surface area contributed by atoms with Gasteiger partial charge >= 0.3 is 0 Å². The van der Waals surface area contributed by atoms with E-state index in [-0.39, 0.29) is 0 Å². The lowest BCUT2D eigenvalue weighted by Gasteiger charge is -2.05. The SMILES string of the molecule is CNc1nc(Sc2ncccn2)nc(-n2cncn2)n1. The molecule has 3 rings (SSSR count). The fourth-order valence-corrected chi connectivity index (χ4v) is 1.99. The van der Waals surface area contributed by atoms with Crippen LogP contribution in [0.5, 0.6) is 0 Å². The van der Waals surface area contributed by atoms with Crippen LogP contribution >= 0.6 is 11.8 Å². The number of nitrogens with zero attached hydrogens (tertiary/aromatic N) is 8. The highest BCUT2D eigenvalue weighted by atomic mass is 32.2. The van der Waals surface area contributed by atoms with Gasteiger partial charge in [-0.15, -0.1) is 0 Å². The zero-order chi connectivity index (χ0) is 13.8. The van der Waals surface area contributed by atoms with E-state index < -0.39 is 0 Å². The van der Waals surface area contributed by atoms with Gasteiger partial charge in [-0.2, -0.15) is 24.7 Å². The van der Waals surface area contributed by atoms with Gasteiger partial charge in [-0.1, -0.05) is 0 Å². The van der Waals surface area contributed by atoms with Crippen molar-refractivity contribution in [2.45, 2.75) is 10.3 Å².